The molecule has 0 fully saturated rings. The Morgan fingerprint density at radius 1 is 1.04 bits per heavy atom. The number of nitrogens with one attached hydrogen (secondary N) is 1. The zero-order valence-corrected chi connectivity index (χ0v) is 15.3. The molecule has 0 saturated heterocycles. The minimum absolute atomic E-state index is 0.144. The molecule has 0 radical (unpaired) electrons. The fraction of sp³-hybridized carbons (Fsp3) is 0.0909. The van der Waals surface area contributed by atoms with Gasteiger partial charge >= 0.3 is 0 Å². The molecule has 6 heteroatoms. The summed E-state index contributed by atoms with van der Waals surface area (Å²) < 4.78 is 1.59. The van der Waals surface area contributed by atoms with Crippen molar-refractivity contribution in [2.24, 2.45) is 0 Å². The molecule has 0 spiro atoms. The Morgan fingerprint density at radius 2 is 1.79 bits per heavy atom. The van der Waals surface area contributed by atoms with Crippen molar-refractivity contribution in [1.29, 1.82) is 0 Å². The SMILES string of the molecule is Cc1cc(=O)c(C(=O)NCc2nccc3ccccc23)nn1-c1ccccc1. The number of aryl methyl sites for hydroxylation is 1. The van der Waals surface area contributed by atoms with Gasteiger partial charge < -0.3 is 5.32 Å². The zero-order valence-electron chi connectivity index (χ0n) is 15.3. The van der Waals surface area contributed by atoms with Crippen molar-refractivity contribution in [3.8, 4) is 5.69 Å². The van der Waals surface area contributed by atoms with Crippen molar-refractivity contribution in [3.05, 3.63) is 100 Å². The molecule has 4 aromatic rings. The molecule has 0 bridgehead atoms. The molecule has 2 aromatic heterocycles. The molecule has 4 rings (SSSR count). The molecule has 0 unspecified atom stereocenters. The summed E-state index contributed by atoms with van der Waals surface area (Å²) in [5, 5.41) is 9.06. The van der Waals surface area contributed by atoms with Crippen LogP contribution >= 0.6 is 0 Å². The average molecular weight is 370 g/mol. The molecule has 0 atom stereocenters. The molecule has 6 nitrogen and oxygen atoms in total. The summed E-state index contributed by atoms with van der Waals surface area (Å²) in [5.74, 6) is -0.524. The summed E-state index contributed by atoms with van der Waals surface area (Å²) in [7, 11) is 0. The third-order valence-electron chi connectivity index (χ3n) is 4.50. The van der Waals surface area contributed by atoms with Gasteiger partial charge in [0.25, 0.3) is 5.91 Å². The second-order valence-corrected chi connectivity index (χ2v) is 6.41. The lowest BCUT2D eigenvalue weighted by atomic mass is 10.1. The van der Waals surface area contributed by atoms with Gasteiger partial charge in [-0.25, -0.2) is 4.68 Å². The Bertz CT molecular complexity index is 1210. The van der Waals surface area contributed by atoms with Crippen molar-refractivity contribution in [1.82, 2.24) is 20.1 Å². The highest BCUT2D eigenvalue weighted by molar-refractivity contribution is 5.92. The van der Waals surface area contributed by atoms with Crippen LogP contribution in [0.15, 0.2) is 77.7 Å². The van der Waals surface area contributed by atoms with Crippen molar-refractivity contribution in [2.45, 2.75) is 13.5 Å². The number of fused-ring (bicyclic) bond motifs is 1. The van der Waals surface area contributed by atoms with Crippen LogP contribution in [0.5, 0.6) is 0 Å². The highest BCUT2D eigenvalue weighted by atomic mass is 16.2. The summed E-state index contributed by atoms with van der Waals surface area (Å²) in [6.07, 6.45) is 1.70. The van der Waals surface area contributed by atoms with Crippen LogP contribution < -0.4 is 10.7 Å². The fourth-order valence-electron chi connectivity index (χ4n) is 3.11. The lowest BCUT2D eigenvalue weighted by Gasteiger charge is -2.11. The van der Waals surface area contributed by atoms with E-state index >= 15 is 0 Å². The van der Waals surface area contributed by atoms with E-state index in [1.165, 1.54) is 6.07 Å². The van der Waals surface area contributed by atoms with E-state index in [9.17, 15) is 9.59 Å². The van der Waals surface area contributed by atoms with Crippen molar-refractivity contribution in [2.75, 3.05) is 0 Å². The van der Waals surface area contributed by atoms with Gasteiger partial charge in [-0.15, -0.1) is 0 Å². The summed E-state index contributed by atoms with van der Waals surface area (Å²) in [5.41, 5.74) is 1.62. The normalized spacial score (nSPS) is 10.8. The smallest absolute Gasteiger partial charge is 0.276 e. The average Bonchev–Trinajstić information content (AvgIpc) is 2.72. The summed E-state index contributed by atoms with van der Waals surface area (Å²) in [6, 6.07) is 20.5. The third kappa shape index (κ3) is 3.40. The predicted molar refractivity (Wildman–Crippen MR) is 107 cm³/mol. The number of aromatic nitrogens is 3. The maximum absolute atomic E-state index is 12.7. The molecule has 2 heterocycles. The van der Waals surface area contributed by atoms with Crippen molar-refractivity contribution < 1.29 is 4.79 Å². The minimum atomic E-state index is -0.524. The topological polar surface area (TPSA) is 76.9 Å². The van der Waals surface area contributed by atoms with Gasteiger partial charge in [0.15, 0.2) is 5.69 Å². The quantitative estimate of drug-likeness (QED) is 0.599. The molecular weight excluding hydrogens is 352 g/mol. The molecule has 28 heavy (non-hydrogen) atoms. The van der Waals surface area contributed by atoms with E-state index in [2.05, 4.69) is 15.4 Å². The van der Waals surface area contributed by atoms with Crippen molar-refractivity contribution in [3.63, 3.8) is 0 Å². The lowest BCUT2D eigenvalue weighted by molar-refractivity contribution is 0.0942. The van der Waals surface area contributed by atoms with E-state index in [0.717, 1.165) is 22.2 Å². The maximum atomic E-state index is 12.7. The predicted octanol–water partition coefficient (Wildman–Crippen LogP) is 3.02. The monoisotopic (exact) mass is 370 g/mol. The molecule has 0 aliphatic rings. The van der Waals surface area contributed by atoms with Gasteiger partial charge in [0, 0.05) is 23.3 Å². The van der Waals surface area contributed by atoms with Gasteiger partial charge in [-0.2, -0.15) is 5.10 Å². The van der Waals surface area contributed by atoms with Crippen LogP contribution in [0.3, 0.4) is 0 Å². The first-order chi connectivity index (χ1) is 13.6. The van der Waals surface area contributed by atoms with E-state index in [4.69, 9.17) is 0 Å². The largest absolute Gasteiger partial charge is 0.345 e. The Kier molecular flexibility index (Phi) is 4.68. The Balaban J connectivity index is 1.62. The number of hydrogen-bond donors (Lipinski definition) is 1. The Hall–Kier alpha value is -3.80. The molecule has 0 aliphatic heterocycles. The van der Waals surface area contributed by atoms with Crippen LogP contribution in [0, 0.1) is 6.92 Å². The van der Waals surface area contributed by atoms with Gasteiger partial charge in [0.05, 0.1) is 17.9 Å². The first kappa shape index (κ1) is 17.6. The number of carbonyl (C=O) groups is 1. The molecule has 0 aliphatic carbocycles. The number of pyridine rings is 1. The first-order valence-corrected chi connectivity index (χ1v) is 8.91. The van der Waals surface area contributed by atoms with Crippen molar-refractivity contribution >= 4 is 16.7 Å². The van der Waals surface area contributed by atoms with E-state index in [1.807, 2.05) is 60.7 Å². The Morgan fingerprint density at radius 3 is 2.61 bits per heavy atom. The van der Waals surface area contributed by atoms with Gasteiger partial charge in [0.1, 0.15) is 0 Å². The van der Waals surface area contributed by atoms with Crippen LogP contribution in [-0.2, 0) is 6.54 Å². The Labute approximate surface area is 161 Å². The van der Waals surface area contributed by atoms with Crippen LogP contribution in [0.1, 0.15) is 21.9 Å². The highest BCUT2D eigenvalue weighted by Gasteiger charge is 2.15. The standard InChI is InChI=1S/C22H18N4O2/c1-15-13-20(27)21(25-26(15)17-8-3-2-4-9-17)22(28)24-14-19-18-10-6-5-7-16(18)11-12-23-19/h2-13H,14H2,1H3,(H,24,28). The lowest BCUT2D eigenvalue weighted by Crippen LogP contribution is -2.31. The van der Waals surface area contributed by atoms with Crippen LogP contribution in [0.4, 0.5) is 0 Å². The van der Waals surface area contributed by atoms with Gasteiger partial charge in [0.2, 0.25) is 5.43 Å². The van der Waals surface area contributed by atoms with E-state index in [1.54, 1.807) is 17.8 Å². The second-order valence-electron chi connectivity index (χ2n) is 6.41. The van der Waals surface area contributed by atoms with Gasteiger partial charge in [-0.3, -0.25) is 14.6 Å². The fourth-order valence-corrected chi connectivity index (χ4v) is 3.11. The van der Waals surface area contributed by atoms with E-state index in [-0.39, 0.29) is 12.2 Å². The number of carbonyl (C=O) groups excluding carboxylic acids is 1. The van der Waals surface area contributed by atoms with Gasteiger partial charge in [-0.05, 0) is 30.5 Å². The molecule has 2 aromatic carbocycles. The number of para-hydroxylation sites is 1. The summed E-state index contributed by atoms with van der Waals surface area (Å²) in [4.78, 5) is 29.3. The molecule has 1 amide bonds. The third-order valence-corrected chi connectivity index (χ3v) is 4.50. The first-order valence-electron chi connectivity index (χ1n) is 8.91. The molecule has 138 valence electrons. The number of hydrogen-bond acceptors (Lipinski definition) is 4. The number of nitrogens with zero attached hydrogens (tertiary/aromatic N) is 3. The molecule has 1 N–H and O–H groups in total. The van der Waals surface area contributed by atoms with Crippen LogP contribution in [0.25, 0.3) is 16.5 Å². The molecular formula is C22H18N4O2. The van der Waals surface area contributed by atoms with Gasteiger partial charge in [-0.1, -0.05) is 42.5 Å². The number of benzene rings is 2. The maximum Gasteiger partial charge on any atom is 0.276 e. The van der Waals surface area contributed by atoms with E-state index < -0.39 is 11.3 Å². The highest BCUT2D eigenvalue weighted by Crippen LogP contribution is 2.16. The van der Waals surface area contributed by atoms with E-state index in [0.29, 0.717) is 5.69 Å². The molecule has 0 saturated carbocycles. The summed E-state index contributed by atoms with van der Waals surface area (Å²) in [6.45, 7) is 1.99. The minimum Gasteiger partial charge on any atom is -0.345 e. The number of rotatable bonds is 4. The second kappa shape index (κ2) is 7.44. The summed E-state index contributed by atoms with van der Waals surface area (Å²) >= 11 is 0. The zero-order chi connectivity index (χ0) is 19.5. The van der Waals surface area contributed by atoms with Crippen LogP contribution in [-0.4, -0.2) is 20.7 Å². The van der Waals surface area contributed by atoms with Crippen LogP contribution in [0.2, 0.25) is 0 Å². The number of amides is 1.